The quantitative estimate of drug-likeness (QED) is 0.717. The van der Waals surface area contributed by atoms with Crippen LogP contribution < -0.4 is 0 Å². The van der Waals surface area contributed by atoms with Gasteiger partial charge < -0.3 is 14.6 Å². The van der Waals surface area contributed by atoms with E-state index in [4.69, 9.17) is 9.47 Å². The van der Waals surface area contributed by atoms with Crippen LogP contribution in [0.1, 0.15) is 93.4 Å². The van der Waals surface area contributed by atoms with Gasteiger partial charge in [0, 0.05) is 0 Å². The number of hydrogen-bond acceptors (Lipinski definition) is 4. The monoisotopic (exact) mass is 383 g/mol. The molecule has 5 heteroatoms. The average Bonchev–Trinajstić information content (AvgIpc) is 2.77. The van der Waals surface area contributed by atoms with E-state index >= 15 is 0 Å². The van der Waals surface area contributed by atoms with Crippen molar-refractivity contribution in [3.63, 3.8) is 0 Å². The minimum absolute atomic E-state index is 0.147. The fourth-order valence-corrected chi connectivity index (χ4v) is 4.64. The molecule has 3 atom stereocenters. The van der Waals surface area contributed by atoms with E-state index in [-0.39, 0.29) is 18.2 Å². The molecule has 1 N–H and O–H groups in total. The maximum absolute atomic E-state index is 13.1. The summed E-state index contributed by atoms with van der Waals surface area (Å²) in [7, 11) is 0. The molecule has 0 bridgehead atoms. The van der Waals surface area contributed by atoms with Gasteiger partial charge in [0.2, 0.25) is 0 Å². The molecule has 158 valence electrons. The van der Waals surface area contributed by atoms with Gasteiger partial charge in [-0.3, -0.25) is 4.90 Å². The normalized spacial score (nSPS) is 27.8. The first-order valence-electron chi connectivity index (χ1n) is 10.8. The van der Waals surface area contributed by atoms with Crippen molar-refractivity contribution in [2.24, 2.45) is 11.8 Å². The van der Waals surface area contributed by atoms with E-state index in [2.05, 4.69) is 13.8 Å². The smallest absolute Gasteiger partial charge is 0.412 e. The molecule has 1 heterocycles. The third kappa shape index (κ3) is 6.08. The number of hydrogen-bond donors (Lipinski definition) is 1. The Bertz CT molecular complexity index is 491. The van der Waals surface area contributed by atoms with E-state index in [1.807, 2.05) is 34.6 Å². The van der Waals surface area contributed by atoms with Gasteiger partial charge in [-0.2, -0.15) is 0 Å². The van der Waals surface area contributed by atoms with E-state index < -0.39 is 17.4 Å². The SMILES string of the molecule is CC(C)CC(O)C1OC(C)(C)N(C(=O)OC(C)(C)C)C1CC1CCCCC1. The van der Waals surface area contributed by atoms with Crippen molar-refractivity contribution in [1.82, 2.24) is 4.90 Å². The van der Waals surface area contributed by atoms with Crippen LogP contribution in [0.3, 0.4) is 0 Å². The zero-order valence-corrected chi connectivity index (χ0v) is 18.5. The van der Waals surface area contributed by atoms with Crippen LogP contribution in [-0.4, -0.2) is 45.7 Å². The number of amides is 1. The van der Waals surface area contributed by atoms with Gasteiger partial charge in [-0.1, -0.05) is 46.0 Å². The molecule has 0 aromatic heterocycles. The minimum atomic E-state index is -0.787. The van der Waals surface area contributed by atoms with Gasteiger partial charge >= 0.3 is 6.09 Å². The number of nitrogens with zero attached hydrogens (tertiary/aromatic N) is 1. The van der Waals surface area contributed by atoms with Crippen LogP contribution in [-0.2, 0) is 9.47 Å². The summed E-state index contributed by atoms with van der Waals surface area (Å²) in [5.74, 6) is 0.956. The first-order valence-corrected chi connectivity index (χ1v) is 10.8. The lowest BCUT2D eigenvalue weighted by Crippen LogP contribution is -2.51. The van der Waals surface area contributed by atoms with Crippen LogP contribution in [0.4, 0.5) is 4.79 Å². The van der Waals surface area contributed by atoms with Crippen LogP contribution >= 0.6 is 0 Å². The Labute approximate surface area is 165 Å². The van der Waals surface area contributed by atoms with Crippen LogP contribution in [0.2, 0.25) is 0 Å². The van der Waals surface area contributed by atoms with Crippen molar-refractivity contribution in [3.8, 4) is 0 Å². The highest BCUT2D eigenvalue weighted by Gasteiger charge is 2.53. The van der Waals surface area contributed by atoms with Crippen molar-refractivity contribution >= 4 is 6.09 Å². The second-order valence-electron chi connectivity index (χ2n) is 10.4. The van der Waals surface area contributed by atoms with Crippen LogP contribution in [0.15, 0.2) is 0 Å². The highest BCUT2D eigenvalue weighted by molar-refractivity contribution is 5.70. The predicted octanol–water partition coefficient (Wildman–Crippen LogP) is 5.10. The highest BCUT2D eigenvalue weighted by atomic mass is 16.6. The van der Waals surface area contributed by atoms with E-state index in [1.165, 1.54) is 32.1 Å². The number of aliphatic hydroxyl groups is 1. The van der Waals surface area contributed by atoms with Gasteiger partial charge in [0.1, 0.15) is 17.4 Å². The van der Waals surface area contributed by atoms with Gasteiger partial charge in [-0.05, 0) is 59.3 Å². The molecule has 2 fully saturated rings. The average molecular weight is 384 g/mol. The molecule has 2 rings (SSSR count). The lowest BCUT2D eigenvalue weighted by molar-refractivity contribution is -0.106. The molecule has 0 aromatic rings. The van der Waals surface area contributed by atoms with Gasteiger partial charge in [0.15, 0.2) is 0 Å². The summed E-state index contributed by atoms with van der Waals surface area (Å²) in [5, 5.41) is 10.9. The first kappa shape index (κ1) is 22.5. The Hall–Kier alpha value is -0.810. The maximum atomic E-state index is 13.1. The highest BCUT2D eigenvalue weighted by Crippen LogP contribution is 2.41. The summed E-state index contributed by atoms with van der Waals surface area (Å²) in [6.45, 7) is 13.7. The molecular weight excluding hydrogens is 342 g/mol. The number of aliphatic hydroxyl groups excluding tert-OH is 1. The molecular formula is C22H41NO4. The Balaban J connectivity index is 2.26. The molecule has 3 unspecified atom stereocenters. The van der Waals surface area contributed by atoms with Crippen molar-refractivity contribution in [3.05, 3.63) is 0 Å². The lowest BCUT2D eigenvalue weighted by Gasteiger charge is -2.37. The maximum Gasteiger partial charge on any atom is 0.412 e. The minimum Gasteiger partial charge on any atom is -0.444 e. The van der Waals surface area contributed by atoms with Crippen molar-refractivity contribution < 1.29 is 19.4 Å². The Morgan fingerprint density at radius 2 is 1.81 bits per heavy atom. The number of rotatable bonds is 5. The van der Waals surface area contributed by atoms with E-state index in [0.29, 0.717) is 18.3 Å². The molecule has 1 saturated heterocycles. The summed E-state index contributed by atoms with van der Waals surface area (Å²) in [6.07, 6.45) is 6.48. The van der Waals surface area contributed by atoms with E-state index in [0.717, 1.165) is 6.42 Å². The van der Waals surface area contributed by atoms with Gasteiger partial charge in [-0.25, -0.2) is 4.79 Å². The fraction of sp³-hybridized carbons (Fsp3) is 0.955. The van der Waals surface area contributed by atoms with Crippen LogP contribution in [0.5, 0.6) is 0 Å². The Morgan fingerprint density at radius 3 is 2.33 bits per heavy atom. The molecule has 1 saturated carbocycles. The molecule has 0 aromatic carbocycles. The van der Waals surface area contributed by atoms with E-state index in [1.54, 1.807) is 4.90 Å². The summed E-state index contributed by atoms with van der Waals surface area (Å²) < 4.78 is 12.0. The Kier molecular flexibility index (Phi) is 7.23. The third-order valence-corrected chi connectivity index (χ3v) is 5.70. The standard InChI is InChI=1S/C22H41NO4/c1-15(2)13-18(24)19-17(14-16-11-9-8-10-12-16)23(22(6,7)26-19)20(25)27-21(3,4)5/h15-19,24H,8-14H2,1-7H3. The number of carbonyl (C=O) groups is 1. The zero-order valence-electron chi connectivity index (χ0n) is 18.5. The largest absolute Gasteiger partial charge is 0.444 e. The second kappa shape index (κ2) is 8.69. The molecule has 1 amide bonds. The summed E-state index contributed by atoms with van der Waals surface area (Å²) in [6, 6.07) is -0.147. The zero-order chi connectivity index (χ0) is 20.4. The molecule has 27 heavy (non-hydrogen) atoms. The molecule has 0 radical (unpaired) electrons. The van der Waals surface area contributed by atoms with Gasteiger partial charge in [0.25, 0.3) is 0 Å². The molecule has 0 spiro atoms. The second-order valence-corrected chi connectivity index (χ2v) is 10.4. The Morgan fingerprint density at radius 1 is 1.22 bits per heavy atom. The molecule has 5 nitrogen and oxygen atoms in total. The van der Waals surface area contributed by atoms with Crippen LogP contribution in [0, 0.1) is 11.8 Å². The predicted molar refractivity (Wildman–Crippen MR) is 107 cm³/mol. The van der Waals surface area contributed by atoms with Crippen molar-refractivity contribution in [2.75, 3.05) is 0 Å². The first-order chi connectivity index (χ1) is 12.4. The summed E-state index contributed by atoms with van der Waals surface area (Å²) >= 11 is 0. The van der Waals surface area contributed by atoms with Crippen molar-refractivity contribution in [1.29, 1.82) is 0 Å². The fourth-order valence-electron chi connectivity index (χ4n) is 4.64. The van der Waals surface area contributed by atoms with Crippen LogP contribution in [0.25, 0.3) is 0 Å². The molecule has 1 aliphatic heterocycles. The molecule has 1 aliphatic carbocycles. The third-order valence-electron chi connectivity index (χ3n) is 5.70. The summed E-state index contributed by atoms with van der Waals surface area (Å²) in [5.41, 5.74) is -1.35. The molecule has 2 aliphatic rings. The van der Waals surface area contributed by atoms with Gasteiger partial charge in [0.05, 0.1) is 12.1 Å². The van der Waals surface area contributed by atoms with E-state index in [9.17, 15) is 9.90 Å². The topological polar surface area (TPSA) is 59.0 Å². The van der Waals surface area contributed by atoms with Gasteiger partial charge in [-0.15, -0.1) is 0 Å². The number of ether oxygens (including phenoxy) is 2. The summed E-state index contributed by atoms with van der Waals surface area (Å²) in [4.78, 5) is 14.8. The number of carbonyl (C=O) groups excluding carboxylic acids is 1. The lowest BCUT2D eigenvalue weighted by atomic mass is 9.82. The van der Waals surface area contributed by atoms with Crippen molar-refractivity contribution in [2.45, 2.75) is 123 Å².